The number of fused-ring (bicyclic) bond motifs is 3. The molecule has 266 valence electrons. The molecule has 3 aliphatic rings. The summed E-state index contributed by atoms with van der Waals surface area (Å²) in [6.07, 6.45) is 8.64. The third-order valence-corrected chi connectivity index (χ3v) is 10.5. The summed E-state index contributed by atoms with van der Waals surface area (Å²) in [5.41, 5.74) is 3.79. The number of hydrogen-bond donors (Lipinski definition) is 3. The third-order valence-electron chi connectivity index (χ3n) is 10.5. The van der Waals surface area contributed by atoms with Crippen LogP contribution in [0.5, 0.6) is 0 Å². The highest BCUT2D eigenvalue weighted by atomic mass is 16.5. The van der Waals surface area contributed by atoms with Gasteiger partial charge in [0.05, 0.1) is 43.4 Å². The quantitative estimate of drug-likeness (QED) is 0.220. The lowest BCUT2D eigenvalue weighted by Crippen LogP contribution is -2.65. The van der Waals surface area contributed by atoms with Gasteiger partial charge in [0.25, 0.3) is 11.1 Å². The van der Waals surface area contributed by atoms with Gasteiger partial charge in [0, 0.05) is 61.6 Å². The van der Waals surface area contributed by atoms with E-state index in [2.05, 4.69) is 39.1 Å². The lowest BCUT2D eigenvalue weighted by atomic mass is 9.90. The Labute approximate surface area is 294 Å². The second-order valence-electron chi connectivity index (χ2n) is 14.8. The van der Waals surface area contributed by atoms with Crippen LogP contribution < -0.4 is 21.3 Å². The summed E-state index contributed by atoms with van der Waals surface area (Å²) in [4.78, 5) is 40.6. The highest BCUT2D eigenvalue weighted by Crippen LogP contribution is 2.37. The van der Waals surface area contributed by atoms with E-state index in [4.69, 9.17) is 4.74 Å². The van der Waals surface area contributed by atoms with Crippen LogP contribution in [0.1, 0.15) is 44.5 Å². The van der Waals surface area contributed by atoms with Crippen molar-refractivity contribution < 1.29 is 14.9 Å². The van der Waals surface area contributed by atoms with Gasteiger partial charge in [-0.1, -0.05) is 13.8 Å². The Balaban J connectivity index is 1.09. The molecule has 5 aromatic rings. The van der Waals surface area contributed by atoms with Crippen molar-refractivity contribution in [3.63, 3.8) is 0 Å². The SMILES string of the molecule is CCn1nc(-c2ccnc(-n3ccn4c5c(cc4c3=O)CC(C)(C)C5)c2CO)cc(Nc2ccc(N3CCN(C4COC4)C[C@]3(C)O)cn2)c1=O. The van der Waals surface area contributed by atoms with Crippen LogP contribution in [0.4, 0.5) is 17.2 Å². The minimum absolute atomic E-state index is 0.152. The van der Waals surface area contributed by atoms with Crippen molar-refractivity contribution in [3.8, 4) is 17.1 Å². The highest BCUT2D eigenvalue weighted by molar-refractivity contribution is 5.71. The number of anilines is 3. The lowest BCUT2D eigenvalue weighted by Gasteiger charge is -2.50. The molecule has 5 aromatic heterocycles. The number of rotatable bonds is 8. The molecule has 0 spiro atoms. The number of nitrogens with one attached hydrogen (secondary N) is 1. The number of ether oxygens (including phenoxy) is 1. The summed E-state index contributed by atoms with van der Waals surface area (Å²) in [7, 11) is 0. The number of aromatic nitrogens is 6. The number of nitrogens with zero attached hydrogens (tertiary/aromatic N) is 8. The van der Waals surface area contributed by atoms with E-state index in [0.717, 1.165) is 30.8 Å². The number of β-amino-alcohol motifs (C(OH)–C–C–N with tert-alkyl or cyclic N) is 1. The number of pyridine rings is 2. The van der Waals surface area contributed by atoms with Crippen molar-refractivity contribution in [3.05, 3.63) is 92.6 Å². The summed E-state index contributed by atoms with van der Waals surface area (Å²) >= 11 is 0. The van der Waals surface area contributed by atoms with Gasteiger partial charge < -0.3 is 29.6 Å². The van der Waals surface area contributed by atoms with Crippen LogP contribution in [-0.4, -0.2) is 88.4 Å². The average Bonchev–Trinajstić information content (AvgIpc) is 3.57. The first-order chi connectivity index (χ1) is 24.5. The number of hydrogen-bond acceptors (Lipinski definition) is 11. The summed E-state index contributed by atoms with van der Waals surface area (Å²) in [5, 5.41) is 29.8. The van der Waals surface area contributed by atoms with E-state index in [0.29, 0.717) is 72.9 Å². The molecule has 0 aromatic carbocycles. The van der Waals surface area contributed by atoms with Crippen LogP contribution in [0, 0.1) is 5.41 Å². The summed E-state index contributed by atoms with van der Waals surface area (Å²) in [6, 6.07) is 9.32. The van der Waals surface area contributed by atoms with Crippen molar-refractivity contribution in [1.29, 1.82) is 0 Å². The van der Waals surface area contributed by atoms with Gasteiger partial charge in [-0.25, -0.2) is 14.6 Å². The molecular weight excluding hydrogens is 650 g/mol. The van der Waals surface area contributed by atoms with E-state index in [1.165, 1.54) is 14.8 Å². The molecular formula is C37H43N9O5. The zero-order chi connectivity index (χ0) is 35.7. The summed E-state index contributed by atoms with van der Waals surface area (Å²) in [5.74, 6) is 0.741. The second kappa shape index (κ2) is 12.4. The molecule has 14 nitrogen and oxygen atoms in total. The smallest absolute Gasteiger partial charge is 0.290 e. The van der Waals surface area contributed by atoms with Gasteiger partial charge >= 0.3 is 0 Å². The van der Waals surface area contributed by atoms with E-state index in [-0.39, 0.29) is 22.2 Å². The summed E-state index contributed by atoms with van der Waals surface area (Å²) < 4.78 is 10.1. The minimum Gasteiger partial charge on any atom is -0.392 e. The van der Waals surface area contributed by atoms with Crippen LogP contribution in [0.2, 0.25) is 0 Å². The predicted molar refractivity (Wildman–Crippen MR) is 193 cm³/mol. The van der Waals surface area contributed by atoms with E-state index in [1.807, 2.05) is 41.5 Å². The maximum absolute atomic E-state index is 13.8. The Morgan fingerprint density at radius 1 is 1.02 bits per heavy atom. The van der Waals surface area contributed by atoms with Crippen molar-refractivity contribution in [2.75, 3.05) is 43.1 Å². The van der Waals surface area contributed by atoms with Crippen LogP contribution >= 0.6 is 0 Å². The minimum atomic E-state index is -1.08. The topological polar surface area (TPSA) is 155 Å². The fourth-order valence-electron chi connectivity index (χ4n) is 7.82. The van der Waals surface area contributed by atoms with Gasteiger partial charge in [0.2, 0.25) is 0 Å². The Morgan fingerprint density at radius 3 is 2.53 bits per heavy atom. The number of piperazine rings is 1. The molecule has 1 aliphatic carbocycles. The summed E-state index contributed by atoms with van der Waals surface area (Å²) in [6.45, 7) is 11.3. The number of aryl methyl sites for hydroxylation is 1. The fourth-order valence-corrected chi connectivity index (χ4v) is 7.82. The van der Waals surface area contributed by atoms with Gasteiger partial charge in [0.15, 0.2) is 0 Å². The zero-order valence-corrected chi connectivity index (χ0v) is 29.3. The van der Waals surface area contributed by atoms with Crippen LogP contribution in [0.3, 0.4) is 0 Å². The molecule has 0 radical (unpaired) electrons. The zero-order valence-electron chi connectivity index (χ0n) is 29.3. The van der Waals surface area contributed by atoms with Gasteiger partial charge in [-0.3, -0.25) is 19.1 Å². The lowest BCUT2D eigenvalue weighted by molar-refractivity contribution is -0.101. The number of aliphatic hydroxyl groups excluding tert-OH is 1. The van der Waals surface area contributed by atoms with Crippen LogP contribution in [0.15, 0.2) is 64.7 Å². The first-order valence-electron chi connectivity index (χ1n) is 17.5. The molecule has 0 saturated carbocycles. The Bertz CT molecular complexity index is 2250. The molecule has 2 saturated heterocycles. The Hall–Kier alpha value is -4.89. The van der Waals surface area contributed by atoms with E-state index >= 15 is 0 Å². The molecule has 8 rings (SSSR count). The van der Waals surface area contributed by atoms with Crippen molar-refractivity contribution in [2.45, 2.75) is 65.5 Å². The third kappa shape index (κ3) is 5.81. The molecule has 0 amide bonds. The van der Waals surface area contributed by atoms with Crippen molar-refractivity contribution in [2.24, 2.45) is 5.41 Å². The molecule has 2 aliphatic heterocycles. The maximum Gasteiger partial charge on any atom is 0.290 e. The maximum atomic E-state index is 13.8. The van der Waals surface area contributed by atoms with Crippen LogP contribution in [0.25, 0.3) is 22.6 Å². The van der Waals surface area contributed by atoms with Crippen molar-refractivity contribution >= 4 is 22.7 Å². The molecule has 2 fully saturated rings. The molecule has 1 atom stereocenters. The van der Waals surface area contributed by atoms with Gasteiger partial charge in [0.1, 0.15) is 28.6 Å². The second-order valence-corrected chi connectivity index (χ2v) is 14.8. The van der Waals surface area contributed by atoms with Gasteiger partial charge in [-0.05, 0) is 68.0 Å². The Kier molecular flexibility index (Phi) is 8.09. The standard InChI is InChI=1S/C37H43N9O5/c1-5-46-34(48)29(40-32-7-6-24(18-39-32)45-13-10-42(22-37(45,4)50)25-20-51-21-25)15-28(41-46)26-8-9-38-33(27(26)19-47)44-12-11-43-30(35(44)49)14-23-16-36(2,3)17-31(23)43/h6-9,11-12,14-15,18,25,47,50H,5,10,13,16-17,19-22H2,1-4H3,(H,39,40)/t37-/m0/s1. The monoisotopic (exact) mass is 693 g/mol. The highest BCUT2D eigenvalue weighted by Gasteiger charge is 2.40. The molecule has 14 heteroatoms. The molecule has 51 heavy (non-hydrogen) atoms. The van der Waals surface area contributed by atoms with Crippen molar-refractivity contribution in [1.82, 2.24) is 33.6 Å². The van der Waals surface area contributed by atoms with E-state index in [1.54, 1.807) is 36.8 Å². The van der Waals surface area contributed by atoms with Gasteiger partial charge in [-0.15, -0.1) is 0 Å². The predicted octanol–water partition coefficient (Wildman–Crippen LogP) is 2.71. The normalized spacial score (nSPS) is 20.5. The molecule has 0 unspecified atom stereocenters. The number of aliphatic hydroxyl groups is 2. The fraction of sp³-hybridized carbons (Fsp3) is 0.432. The van der Waals surface area contributed by atoms with Gasteiger partial charge in [-0.2, -0.15) is 5.10 Å². The first kappa shape index (κ1) is 33.3. The molecule has 0 bridgehead atoms. The average molecular weight is 694 g/mol. The molecule has 3 N–H and O–H groups in total. The van der Waals surface area contributed by atoms with E-state index in [9.17, 15) is 19.8 Å². The molecule has 7 heterocycles. The van der Waals surface area contributed by atoms with Crippen LogP contribution in [-0.2, 0) is 30.7 Å². The first-order valence-corrected chi connectivity index (χ1v) is 17.5. The van der Waals surface area contributed by atoms with E-state index < -0.39 is 12.3 Å². The largest absolute Gasteiger partial charge is 0.392 e. The Morgan fingerprint density at radius 2 is 1.84 bits per heavy atom.